The van der Waals surface area contributed by atoms with Gasteiger partial charge >= 0.3 is 0 Å². The maximum atomic E-state index is 5.36. The van der Waals surface area contributed by atoms with Gasteiger partial charge in [0.05, 0.1) is 6.61 Å². The molecule has 15 heavy (non-hydrogen) atoms. The fourth-order valence-corrected chi connectivity index (χ4v) is 1.26. The molecule has 0 saturated carbocycles. The Kier molecular flexibility index (Phi) is 4.75. The van der Waals surface area contributed by atoms with E-state index in [2.05, 4.69) is 11.9 Å². The van der Waals surface area contributed by atoms with Crippen LogP contribution < -0.4 is 10.1 Å². The Morgan fingerprint density at radius 3 is 2.53 bits per heavy atom. The van der Waals surface area contributed by atoms with Crippen molar-refractivity contribution in [1.82, 2.24) is 0 Å². The minimum atomic E-state index is 0.711. The zero-order valence-electron chi connectivity index (χ0n) is 9.55. The summed E-state index contributed by atoms with van der Waals surface area (Å²) in [4.78, 5) is 0. The highest BCUT2D eigenvalue weighted by molar-refractivity contribution is 5.46. The SMILES string of the molecule is C=C(C)CCNc1ccc(OCC)cc1. The maximum Gasteiger partial charge on any atom is 0.119 e. The van der Waals surface area contributed by atoms with E-state index in [-0.39, 0.29) is 0 Å². The molecule has 0 bridgehead atoms. The van der Waals surface area contributed by atoms with Crippen molar-refractivity contribution in [1.29, 1.82) is 0 Å². The van der Waals surface area contributed by atoms with E-state index in [0.717, 1.165) is 24.4 Å². The molecule has 0 fully saturated rings. The molecule has 1 rings (SSSR count). The predicted octanol–water partition coefficient (Wildman–Crippen LogP) is 3.46. The monoisotopic (exact) mass is 205 g/mol. The van der Waals surface area contributed by atoms with Crippen molar-refractivity contribution in [3.8, 4) is 5.75 Å². The molecule has 0 spiro atoms. The molecular weight excluding hydrogens is 186 g/mol. The highest BCUT2D eigenvalue weighted by Crippen LogP contribution is 2.15. The predicted molar refractivity (Wildman–Crippen MR) is 65.5 cm³/mol. The molecule has 1 N–H and O–H groups in total. The summed E-state index contributed by atoms with van der Waals surface area (Å²) in [5.41, 5.74) is 2.33. The summed E-state index contributed by atoms with van der Waals surface area (Å²) < 4.78 is 5.36. The topological polar surface area (TPSA) is 21.3 Å². The largest absolute Gasteiger partial charge is 0.494 e. The Balaban J connectivity index is 2.39. The second-order valence-electron chi connectivity index (χ2n) is 3.59. The van der Waals surface area contributed by atoms with Crippen LogP contribution in [0.25, 0.3) is 0 Å². The highest BCUT2D eigenvalue weighted by atomic mass is 16.5. The van der Waals surface area contributed by atoms with Crippen LogP contribution in [0.4, 0.5) is 5.69 Å². The van der Waals surface area contributed by atoms with Crippen molar-refractivity contribution in [2.24, 2.45) is 0 Å². The number of hydrogen-bond donors (Lipinski definition) is 1. The van der Waals surface area contributed by atoms with E-state index in [9.17, 15) is 0 Å². The second kappa shape index (κ2) is 6.12. The van der Waals surface area contributed by atoms with Crippen LogP contribution in [-0.4, -0.2) is 13.2 Å². The summed E-state index contributed by atoms with van der Waals surface area (Å²) >= 11 is 0. The third kappa shape index (κ3) is 4.54. The summed E-state index contributed by atoms with van der Waals surface area (Å²) in [5, 5.41) is 3.33. The van der Waals surface area contributed by atoms with Crippen LogP contribution in [0.1, 0.15) is 20.3 Å². The highest BCUT2D eigenvalue weighted by Gasteiger charge is 1.94. The van der Waals surface area contributed by atoms with Gasteiger partial charge in [0.15, 0.2) is 0 Å². The lowest BCUT2D eigenvalue weighted by molar-refractivity contribution is 0.340. The molecule has 0 radical (unpaired) electrons. The molecule has 0 saturated heterocycles. The molecule has 1 aromatic carbocycles. The molecule has 2 heteroatoms. The summed E-state index contributed by atoms with van der Waals surface area (Å²) in [6, 6.07) is 8.02. The third-order valence-corrected chi connectivity index (χ3v) is 2.05. The molecule has 0 aliphatic carbocycles. The summed E-state index contributed by atoms with van der Waals surface area (Å²) in [5.74, 6) is 0.919. The zero-order valence-corrected chi connectivity index (χ0v) is 9.55. The Labute approximate surface area is 92.0 Å². The lowest BCUT2D eigenvalue weighted by Gasteiger charge is -2.07. The van der Waals surface area contributed by atoms with Gasteiger partial charge in [0, 0.05) is 12.2 Å². The van der Waals surface area contributed by atoms with Crippen molar-refractivity contribution in [3.05, 3.63) is 36.4 Å². The van der Waals surface area contributed by atoms with Gasteiger partial charge < -0.3 is 10.1 Å². The maximum absolute atomic E-state index is 5.36. The lowest BCUT2D eigenvalue weighted by atomic mass is 10.2. The molecule has 0 atom stereocenters. The quantitative estimate of drug-likeness (QED) is 0.718. The average Bonchev–Trinajstić information content (AvgIpc) is 2.20. The van der Waals surface area contributed by atoms with Crippen LogP contribution in [0.5, 0.6) is 5.75 Å². The fourth-order valence-electron chi connectivity index (χ4n) is 1.26. The smallest absolute Gasteiger partial charge is 0.119 e. The molecule has 82 valence electrons. The summed E-state index contributed by atoms with van der Waals surface area (Å²) in [7, 11) is 0. The van der Waals surface area contributed by atoms with Gasteiger partial charge in [0.25, 0.3) is 0 Å². The second-order valence-corrected chi connectivity index (χ2v) is 3.59. The lowest BCUT2D eigenvalue weighted by Crippen LogP contribution is -2.01. The molecule has 0 unspecified atom stereocenters. The fraction of sp³-hybridized carbons (Fsp3) is 0.385. The van der Waals surface area contributed by atoms with E-state index in [1.165, 1.54) is 5.57 Å². The Hall–Kier alpha value is -1.44. The Morgan fingerprint density at radius 1 is 1.33 bits per heavy atom. The van der Waals surface area contributed by atoms with Crippen molar-refractivity contribution in [2.75, 3.05) is 18.5 Å². The minimum Gasteiger partial charge on any atom is -0.494 e. The molecule has 1 aromatic rings. The van der Waals surface area contributed by atoms with E-state index in [1.54, 1.807) is 0 Å². The van der Waals surface area contributed by atoms with Crippen LogP contribution in [0.2, 0.25) is 0 Å². The van der Waals surface area contributed by atoms with E-state index in [1.807, 2.05) is 38.1 Å². The zero-order chi connectivity index (χ0) is 11.1. The van der Waals surface area contributed by atoms with Crippen LogP contribution in [0, 0.1) is 0 Å². The van der Waals surface area contributed by atoms with E-state index < -0.39 is 0 Å². The van der Waals surface area contributed by atoms with E-state index >= 15 is 0 Å². The molecule has 0 amide bonds. The number of hydrogen-bond acceptors (Lipinski definition) is 2. The van der Waals surface area contributed by atoms with Crippen LogP contribution in [0.15, 0.2) is 36.4 Å². The van der Waals surface area contributed by atoms with Crippen molar-refractivity contribution >= 4 is 5.69 Å². The van der Waals surface area contributed by atoms with Crippen LogP contribution >= 0.6 is 0 Å². The van der Waals surface area contributed by atoms with E-state index in [4.69, 9.17) is 4.74 Å². The van der Waals surface area contributed by atoms with Gasteiger partial charge in [0.2, 0.25) is 0 Å². The molecular formula is C13H19NO. The van der Waals surface area contributed by atoms with Gasteiger partial charge in [-0.2, -0.15) is 0 Å². The van der Waals surface area contributed by atoms with Crippen molar-refractivity contribution in [3.63, 3.8) is 0 Å². The Bertz CT molecular complexity index is 303. The number of benzene rings is 1. The van der Waals surface area contributed by atoms with Gasteiger partial charge in [0.1, 0.15) is 5.75 Å². The van der Waals surface area contributed by atoms with Gasteiger partial charge in [-0.3, -0.25) is 0 Å². The van der Waals surface area contributed by atoms with Crippen molar-refractivity contribution < 1.29 is 4.74 Å². The van der Waals surface area contributed by atoms with Gasteiger partial charge in [-0.25, -0.2) is 0 Å². The Morgan fingerprint density at radius 2 is 2.00 bits per heavy atom. The first-order valence-electron chi connectivity index (χ1n) is 5.33. The van der Waals surface area contributed by atoms with Crippen LogP contribution in [-0.2, 0) is 0 Å². The van der Waals surface area contributed by atoms with Crippen molar-refractivity contribution in [2.45, 2.75) is 20.3 Å². The van der Waals surface area contributed by atoms with Gasteiger partial charge in [-0.1, -0.05) is 5.57 Å². The third-order valence-electron chi connectivity index (χ3n) is 2.05. The first-order chi connectivity index (χ1) is 7.22. The first kappa shape index (κ1) is 11.6. The number of anilines is 1. The summed E-state index contributed by atoms with van der Waals surface area (Å²) in [6.07, 6.45) is 1.01. The molecule has 0 aliphatic heterocycles. The number of nitrogens with one attached hydrogen (secondary N) is 1. The number of rotatable bonds is 6. The molecule has 0 heterocycles. The first-order valence-corrected chi connectivity index (χ1v) is 5.33. The number of ether oxygens (including phenoxy) is 1. The molecule has 2 nitrogen and oxygen atoms in total. The van der Waals surface area contributed by atoms with Crippen LogP contribution in [0.3, 0.4) is 0 Å². The average molecular weight is 205 g/mol. The minimum absolute atomic E-state index is 0.711. The van der Waals surface area contributed by atoms with E-state index in [0.29, 0.717) is 6.61 Å². The molecule has 0 aliphatic rings. The normalized spacial score (nSPS) is 9.73. The summed E-state index contributed by atoms with van der Waals surface area (Å²) in [6.45, 7) is 9.54. The van der Waals surface area contributed by atoms with Gasteiger partial charge in [-0.05, 0) is 44.5 Å². The molecule has 0 aromatic heterocycles. The standard InChI is InChI=1S/C13H19NO/c1-4-15-13-7-5-12(6-8-13)14-10-9-11(2)3/h5-8,14H,2,4,9-10H2,1,3H3. The van der Waals surface area contributed by atoms with Gasteiger partial charge in [-0.15, -0.1) is 6.58 Å².